The zero-order valence-corrected chi connectivity index (χ0v) is 17.9. The van der Waals surface area contributed by atoms with E-state index in [1.54, 1.807) is 23.1 Å². The maximum absolute atomic E-state index is 13.7. The van der Waals surface area contributed by atoms with E-state index in [4.69, 9.17) is 14.2 Å². The monoisotopic (exact) mass is 416 g/mol. The van der Waals surface area contributed by atoms with Crippen LogP contribution in [0.15, 0.2) is 18.2 Å². The van der Waals surface area contributed by atoms with E-state index in [9.17, 15) is 9.59 Å². The van der Waals surface area contributed by atoms with E-state index in [1.165, 1.54) is 0 Å². The fourth-order valence-electron chi connectivity index (χ4n) is 4.57. The summed E-state index contributed by atoms with van der Waals surface area (Å²) in [5, 5.41) is 3.21. The Balaban J connectivity index is 1.61. The normalized spacial score (nSPS) is 22.7. The summed E-state index contributed by atoms with van der Waals surface area (Å²) >= 11 is 0. The predicted molar refractivity (Wildman–Crippen MR) is 112 cm³/mol. The number of carbonyl (C=O) groups excluding carboxylic acids is 2. The Kier molecular flexibility index (Phi) is 6.18. The van der Waals surface area contributed by atoms with Crippen molar-refractivity contribution in [3.8, 4) is 11.5 Å². The lowest BCUT2D eigenvalue weighted by Crippen LogP contribution is -2.61. The van der Waals surface area contributed by atoms with Crippen LogP contribution in [0.5, 0.6) is 11.5 Å². The smallest absolute Gasteiger partial charge is 0.254 e. The number of amides is 2. The molecule has 0 bridgehead atoms. The molecule has 1 saturated heterocycles. The summed E-state index contributed by atoms with van der Waals surface area (Å²) in [6.07, 6.45) is 6.65. The van der Waals surface area contributed by atoms with Gasteiger partial charge < -0.3 is 24.4 Å². The molecule has 7 nitrogen and oxygen atoms in total. The number of nitrogens with one attached hydrogen (secondary N) is 1. The molecule has 30 heavy (non-hydrogen) atoms. The van der Waals surface area contributed by atoms with Gasteiger partial charge in [0.15, 0.2) is 11.5 Å². The topological polar surface area (TPSA) is 77.1 Å². The van der Waals surface area contributed by atoms with Crippen molar-refractivity contribution < 1.29 is 23.8 Å². The van der Waals surface area contributed by atoms with Crippen molar-refractivity contribution in [3.05, 3.63) is 23.8 Å². The summed E-state index contributed by atoms with van der Waals surface area (Å²) in [6.45, 7) is 5.09. The van der Waals surface area contributed by atoms with Crippen molar-refractivity contribution >= 4 is 11.8 Å². The maximum Gasteiger partial charge on any atom is 0.254 e. The van der Waals surface area contributed by atoms with Gasteiger partial charge in [0.2, 0.25) is 12.7 Å². The molecule has 4 rings (SSSR count). The molecule has 0 radical (unpaired) electrons. The first-order chi connectivity index (χ1) is 14.5. The van der Waals surface area contributed by atoms with Crippen LogP contribution in [0.4, 0.5) is 0 Å². The van der Waals surface area contributed by atoms with Gasteiger partial charge in [0, 0.05) is 24.8 Å². The zero-order valence-electron chi connectivity index (χ0n) is 17.9. The second-order valence-corrected chi connectivity index (χ2v) is 8.70. The number of hydrogen-bond acceptors (Lipinski definition) is 5. The lowest BCUT2D eigenvalue weighted by molar-refractivity contribution is -0.133. The van der Waals surface area contributed by atoms with Crippen LogP contribution in [0.1, 0.15) is 69.2 Å². The Labute approximate surface area is 178 Å². The van der Waals surface area contributed by atoms with Gasteiger partial charge in [0.1, 0.15) is 5.54 Å². The van der Waals surface area contributed by atoms with Crippen LogP contribution < -0.4 is 14.8 Å². The average Bonchev–Trinajstić information content (AvgIpc) is 3.53. The third kappa shape index (κ3) is 4.13. The number of rotatable bonds is 7. The van der Waals surface area contributed by atoms with Crippen LogP contribution in [0.25, 0.3) is 0 Å². The van der Waals surface area contributed by atoms with Crippen LogP contribution in [0.3, 0.4) is 0 Å². The number of ether oxygens (including phenoxy) is 3. The number of hydrogen-bond donors (Lipinski definition) is 1. The molecular weight excluding hydrogens is 384 g/mol. The second-order valence-electron chi connectivity index (χ2n) is 8.70. The van der Waals surface area contributed by atoms with E-state index in [2.05, 4.69) is 5.32 Å². The molecule has 7 heteroatoms. The number of benzene rings is 1. The Bertz CT molecular complexity index is 786. The van der Waals surface area contributed by atoms with Crippen LogP contribution in [-0.4, -0.2) is 54.3 Å². The average molecular weight is 417 g/mol. The largest absolute Gasteiger partial charge is 0.454 e. The van der Waals surface area contributed by atoms with E-state index in [0.717, 1.165) is 38.5 Å². The van der Waals surface area contributed by atoms with E-state index in [0.29, 0.717) is 36.6 Å². The third-order valence-electron chi connectivity index (χ3n) is 6.74. The molecule has 2 atom stereocenters. The van der Waals surface area contributed by atoms with Crippen molar-refractivity contribution in [1.82, 2.24) is 10.2 Å². The highest BCUT2D eigenvalue weighted by Crippen LogP contribution is 2.34. The number of nitrogens with zero attached hydrogens (tertiary/aromatic N) is 1. The quantitative estimate of drug-likeness (QED) is 0.738. The summed E-state index contributed by atoms with van der Waals surface area (Å²) in [6, 6.07) is 5.40. The Morgan fingerprint density at radius 3 is 2.60 bits per heavy atom. The van der Waals surface area contributed by atoms with E-state index < -0.39 is 5.54 Å². The summed E-state index contributed by atoms with van der Waals surface area (Å²) in [5.74, 6) is 0.930. The minimum absolute atomic E-state index is 0.0480. The fraction of sp³-hybridized carbons (Fsp3) is 0.652. The van der Waals surface area contributed by atoms with Crippen molar-refractivity contribution in [3.63, 3.8) is 0 Å². The molecule has 2 amide bonds. The molecule has 1 aliphatic carbocycles. The van der Waals surface area contributed by atoms with Crippen LogP contribution in [0, 0.1) is 0 Å². The van der Waals surface area contributed by atoms with Gasteiger partial charge in [-0.15, -0.1) is 0 Å². The van der Waals surface area contributed by atoms with Gasteiger partial charge in [0.25, 0.3) is 5.91 Å². The van der Waals surface area contributed by atoms with Crippen molar-refractivity contribution in [1.29, 1.82) is 0 Å². The molecule has 0 unspecified atom stereocenters. The maximum atomic E-state index is 13.7. The highest BCUT2D eigenvalue weighted by molar-refractivity contribution is 5.99. The van der Waals surface area contributed by atoms with Gasteiger partial charge in [-0.1, -0.05) is 19.8 Å². The molecule has 0 spiro atoms. The lowest BCUT2D eigenvalue weighted by Gasteiger charge is -2.41. The third-order valence-corrected chi connectivity index (χ3v) is 6.74. The summed E-state index contributed by atoms with van der Waals surface area (Å²) < 4.78 is 16.7. The predicted octanol–water partition coefficient (Wildman–Crippen LogP) is 3.26. The van der Waals surface area contributed by atoms with Gasteiger partial charge in [-0.3, -0.25) is 9.59 Å². The van der Waals surface area contributed by atoms with E-state index in [-0.39, 0.29) is 30.8 Å². The summed E-state index contributed by atoms with van der Waals surface area (Å²) in [5.41, 5.74) is -0.465. The zero-order chi connectivity index (χ0) is 21.1. The summed E-state index contributed by atoms with van der Waals surface area (Å²) in [7, 11) is 0. The first kappa shape index (κ1) is 21.0. The standard InChI is InChI=1S/C23H32N2O5/c1-3-23(2,22(27)24-17-7-4-5-8-17)25(14-18-9-6-12-28-18)21(26)16-10-11-19-20(13-16)30-15-29-19/h10-11,13,17-18H,3-9,12,14-15H2,1-2H3,(H,24,27)/t18-,23-/m1/s1. The van der Waals surface area contributed by atoms with Crippen LogP contribution in [-0.2, 0) is 9.53 Å². The van der Waals surface area contributed by atoms with E-state index >= 15 is 0 Å². The molecule has 1 aromatic carbocycles. The van der Waals surface area contributed by atoms with Gasteiger partial charge in [-0.05, 0) is 57.2 Å². The van der Waals surface area contributed by atoms with Gasteiger partial charge >= 0.3 is 0 Å². The molecule has 2 aliphatic heterocycles. The molecular formula is C23H32N2O5. The fourth-order valence-corrected chi connectivity index (χ4v) is 4.57. The molecule has 1 aromatic rings. The minimum Gasteiger partial charge on any atom is -0.454 e. The van der Waals surface area contributed by atoms with Crippen molar-refractivity contribution in [2.75, 3.05) is 19.9 Å². The highest BCUT2D eigenvalue weighted by Gasteiger charge is 2.43. The first-order valence-corrected chi connectivity index (χ1v) is 11.2. The van der Waals surface area contributed by atoms with Gasteiger partial charge in [-0.2, -0.15) is 0 Å². The van der Waals surface area contributed by atoms with Crippen molar-refractivity contribution in [2.45, 2.75) is 76.5 Å². The molecule has 164 valence electrons. The Hall–Kier alpha value is -2.28. The molecule has 2 heterocycles. The highest BCUT2D eigenvalue weighted by atomic mass is 16.7. The molecule has 0 aromatic heterocycles. The van der Waals surface area contributed by atoms with Crippen molar-refractivity contribution in [2.24, 2.45) is 0 Å². The number of fused-ring (bicyclic) bond motifs is 1. The Morgan fingerprint density at radius 1 is 1.13 bits per heavy atom. The van der Waals surface area contributed by atoms with Crippen LogP contribution >= 0.6 is 0 Å². The lowest BCUT2D eigenvalue weighted by atomic mass is 9.92. The first-order valence-electron chi connectivity index (χ1n) is 11.2. The SMILES string of the molecule is CC[C@](C)(C(=O)NC1CCCC1)N(C[C@H]1CCCO1)C(=O)c1ccc2c(c1)OCO2. The van der Waals surface area contributed by atoms with E-state index in [1.807, 2.05) is 13.8 Å². The Morgan fingerprint density at radius 2 is 1.90 bits per heavy atom. The molecule has 2 fully saturated rings. The molecule has 1 saturated carbocycles. The molecule has 3 aliphatic rings. The number of carbonyl (C=O) groups is 2. The van der Waals surface area contributed by atoms with Crippen LogP contribution in [0.2, 0.25) is 0 Å². The van der Waals surface area contributed by atoms with Gasteiger partial charge in [-0.25, -0.2) is 0 Å². The van der Waals surface area contributed by atoms with Gasteiger partial charge in [0.05, 0.1) is 6.10 Å². The molecule has 1 N–H and O–H groups in total. The summed E-state index contributed by atoms with van der Waals surface area (Å²) in [4.78, 5) is 28.8. The minimum atomic E-state index is -0.956. The second kappa shape index (κ2) is 8.84.